The lowest BCUT2D eigenvalue weighted by molar-refractivity contribution is -0.146. The maximum absolute atomic E-state index is 13.6. The van der Waals surface area contributed by atoms with Gasteiger partial charge >= 0.3 is 5.97 Å². The van der Waals surface area contributed by atoms with E-state index in [2.05, 4.69) is 5.32 Å². The topological polar surface area (TPSA) is 69.6 Å². The molecule has 0 spiro atoms. The Morgan fingerprint density at radius 3 is 2.58 bits per heavy atom. The van der Waals surface area contributed by atoms with Gasteiger partial charge in [-0.3, -0.25) is 9.59 Å². The molecule has 0 saturated carbocycles. The van der Waals surface area contributed by atoms with Crippen molar-refractivity contribution in [2.75, 3.05) is 19.8 Å². The molecule has 1 N–H and O–H groups in total. The van der Waals surface area contributed by atoms with E-state index in [1.165, 1.54) is 12.1 Å². The van der Waals surface area contributed by atoms with Gasteiger partial charge in [0.25, 0.3) is 0 Å². The van der Waals surface area contributed by atoms with E-state index in [-0.39, 0.29) is 30.2 Å². The SMILES string of the molecule is Cc1cc(C(=O)COC(=O)[C@H](NC2CCOCC2)C(C)C)c(C)n1-c1cccc(F)c1. The number of ether oxygens (including phenoxy) is 2. The summed E-state index contributed by atoms with van der Waals surface area (Å²) in [7, 11) is 0. The maximum atomic E-state index is 13.6. The van der Waals surface area contributed by atoms with E-state index in [1.54, 1.807) is 25.1 Å². The number of rotatable bonds is 8. The fourth-order valence-corrected chi connectivity index (χ4v) is 4.01. The van der Waals surface area contributed by atoms with E-state index in [0.29, 0.717) is 30.2 Å². The molecule has 1 aromatic carbocycles. The summed E-state index contributed by atoms with van der Waals surface area (Å²) >= 11 is 0. The predicted octanol–water partition coefficient (Wildman–Crippen LogP) is 3.75. The lowest BCUT2D eigenvalue weighted by Crippen LogP contribution is -2.49. The summed E-state index contributed by atoms with van der Waals surface area (Å²) in [6, 6.07) is 7.69. The lowest BCUT2D eigenvalue weighted by atomic mass is 10.0. The van der Waals surface area contributed by atoms with Gasteiger partial charge in [-0.2, -0.15) is 0 Å². The van der Waals surface area contributed by atoms with Crippen LogP contribution in [0.5, 0.6) is 0 Å². The number of hydrogen-bond acceptors (Lipinski definition) is 5. The Morgan fingerprint density at radius 2 is 1.94 bits per heavy atom. The number of carbonyl (C=O) groups excluding carboxylic acids is 2. The van der Waals surface area contributed by atoms with Gasteiger partial charge in [0.2, 0.25) is 5.78 Å². The molecule has 7 heteroatoms. The van der Waals surface area contributed by atoms with Crippen molar-refractivity contribution in [3.63, 3.8) is 0 Å². The molecule has 168 valence electrons. The van der Waals surface area contributed by atoms with Gasteiger partial charge < -0.3 is 19.4 Å². The fraction of sp³-hybridized carbons (Fsp3) is 0.500. The van der Waals surface area contributed by atoms with E-state index < -0.39 is 12.0 Å². The Bertz CT molecular complexity index is 932. The van der Waals surface area contributed by atoms with Crippen molar-refractivity contribution in [1.82, 2.24) is 9.88 Å². The molecule has 0 aliphatic carbocycles. The number of benzene rings is 1. The molecule has 0 bridgehead atoms. The van der Waals surface area contributed by atoms with E-state index in [9.17, 15) is 14.0 Å². The Hall–Kier alpha value is -2.51. The van der Waals surface area contributed by atoms with Crippen molar-refractivity contribution < 1.29 is 23.5 Å². The zero-order valence-electron chi connectivity index (χ0n) is 18.6. The molecule has 1 aromatic heterocycles. The van der Waals surface area contributed by atoms with Crippen LogP contribution in [0.2, 0.25) is 0 Å². The average Bonchev–Trinajstić information content (AvgIpc) is 3.04. The number of carbonyl (C=O) groups is 2. The number of hydrogen-bond donors (Lipinski definition) is 1. The van der Waals surface area contributed by atoms with Crippen molar-refractivity contribution in [3.05, 3.63) is 53.1 Å². The molecule has 0 unspecified atom stereocenters. The number of nitrogens with one attached hydrogen (secondary N) is 1. The molecular weight excluding hydrogens is 399 g/mol. The highest BCUT2D eigenvalue weighted by Gasteiger charge is 2.28. The summed E-state index contributed by atoms with van der Waals surface area (Å²) in [6.45, 7) is 8.59. The standard InChI is InChI=1S/C24H31FN2O4/c1-15(2)23(26-19-8-10-30-11-9-19)24(29)31-14-22(28)21-12-16(3)27(17(21)4)20-7-5-6-18(25)13-20/h5-7,12-13,15,19,23,26H,8-11,14H2,1-4H3/t23-/m1/s1. The fourth-order valence-electron chi connectivity index (χ4n) is 4.01. The van der Waals surface area contributed by atoms with Crippen LogP contribution < -0.4 is 5.32 Å². The Morgan fingerprint density at radius 1 is 1.23 bits per heavy atom. The summed E-state index contributed by atoms with van der Waals surface area (Å²) in [6.07, 6.45) is 1.70. The van der Waals surface area contributed by atoms with Crippen molar-refractivity contribution in [2.45, 2.75) is 52.6 Å². The number of esters is 1. The minimum atomic E-state index is -0.476. The molecule has 3 rings (SSSR count). The summed E-state index contributed by atoms with van der Waals surface area (Å²) in [5, 5.41) is 3.36. The molecule has 6 nitrogen and oxygen atoms in total. The Labute approximate surface area is 182 Å². The Balaban J connectivity index is 1.67. The summed E-state index contributed by atoms with van der Waals surface area (Å²) < 4.78 is 26.2. The molecule has 1 atom stereocenters. The van der Waals surface area contributed by atoms with Gasteiger partial charge in [0, 0.05) is 41.9 Å². The van der Waals surface area contributed by atoms with Crippen LogP contribution in [0.15, 0.2) is 30.3 Å². The van der Waals surface area contributed by atoms with Crippen molar-refractivity contribution in [3.8, 4) is 5.69 Å². The second-order valence-corrected chi connectivity index (χ2v) is 8.41. The maximum Gasteiger partial charge on any atom is 0.323 e. The van der Waals surface area contributed by atoms with Gasteiger partial charge in [0.15, 0.2) is 6.61 Å². The van der Waals surface area contributed by atoms with Gasteiger partial charge in [0.1, 0.15) is 11.9 Å². The largest absolute Gasteiger partial charge is 0.456 e. The molecule has 2 aromatic rings. The highest BCUT2D eigenvalue weighted by molar-refractivity contribution is 5.99. The van der Waals surface area contributed by atoms with Crippen molar-refractivity contribution in [1.29, 1.82) is 0 Å². The van der Waals surface area contributed by atoms with E-state index >= 15 is 0 Å². The Kier molecular flexibility index (Phi) is 7.62. The quantitative estimate of drug-likeness (QED) is 0.510. The van der Waals surface area contributed by atoms with Gasteiger partial charge in [0.05, 0.1) is 0 Å². The monoisotopic (exact) mass is 430 g/mol. The number of aromatic nitrogens is 1. The third kappa shape index (κ3) is 5.60. The van der Waals surface area contributed by atoms with Crippen LogP contribution in [0, 0.1) is 25.6 Å². The molecular formula is C24H31FN2O4. The first-order valence-corrected chi connectivity index (χ1v) is 10.8. The van der Waals surface area contributed by atoms with Gasteiger partial charge in [-0.05, 0) is 56.9 Å². The summed E-state index contributed by atoms with van der Waals surface area (Å²) in [4.78, 5) is 25.5. The van der Waals surface area contributed by atoms with Crippen LogP contribution in [0.25, 0.3) is 5.69 Å². The first kappa shape index (κ1) is 23.2. The molecule has 2 heterocycles. The van der Waals surface area contributed by atoms with E-state index in [0.717, 1.165) is 18.5 Å². The van der Waals surface area contributed by atoms with Gasteiger partial charge in [-0.1, -0.05) is 19.9 Å². The molecule has 1 saturated heterocycles. The van der Waals surface area contributed by atoms with Crippen LogP contribution in [0.4, 0.5) is 4.39 Å². The first-order valence-electron chi connectivity index (χ1n) is 10.8. The second kappa shape index (κ2) is 10.2. The van der Waals surface area contributed by atoms with E-state index in [1.807, 2.05) is 25.3 Å². The zero-order chi connectivity index (χ0) is 22.5. The normalized spacial score (nSPS) is 15.8. The third-order valence-electron chi connectivity index (χ3n) is 5.70. The van der Waals surface area contributed by atoms with Crippen LogP contribution in [0.3, 0.4) is 0 Å². The van der Waals surface area contributed by atoms with Crippen molar-refractivity contribution >= 4 is 11.8 Å². The van der Waals surface area contributed by atoms with Crippen LogP contribution in [0.1, 0.15) is 48.4 Å². The summed E-state index contributed by atoms with van der Waals surface area (Å²) in [5.74, 6) is -1.02. The highest BCUT2D eigenvalue weighted by Crippen LogP contribution is 2.22. The smallest absolute Gasteiger partial charge is 0.323 e. The predicted molar refractivity (Wildman–Crippen MR) is 116 cm³/mol. The number of halogens is 1. The molecule has 1 aliphatic heterocycles. The first-order chi connectivity index (χ1) is 14.8. The van der Waals surface area contributed by atoms with Crippen LogP contribution in [-0.2, 0) is 14.3 Å². The molecule has 0 amide bonds. The number of Topliss-reactive ketones (excluding diaryl/α,β-unsaturated/α-hetero) is 1. The van der Waals surface area contributed by atoms with Crippen molar-refractivity contribution in [2.24, 2.45) is 5.92 Å². The summed E-state index contributed by atoms with van der Waals surface area (Å²) in [5.41, 5.74) is 2.60. The molecule has 0 radical (unpaired) electrons. The van der Waals surface area contributed by atoms with E-state index in [4.69, 9.17) is 9.47 Å². The number of aryl methyl sites for hydroxylation is 1. The molecule has 1 aliphatic rings. The zero-order valence-corrected chi connectivity index (χ0v) is 18.6. The minimum absolute atomic E-state index is 0.0310. The third-order valence-corrected chi connectivity index (χ3v) is 5.70. The number of ketones is 1. The second-order valence-electron chi connectivity index (χ2n) is 8.41. The average molecular weight is 431 g/mol. The van der Waals surface area contributed by atoms with Crippen LogP contribution in [-0.4, -0.2) is 48.2 Å². The molecule has 31 heavy (non-hydrogen) atoms. The lowest BCUT2D eigenvalue weighted by Gasteiger charge is -2.29. The van der Waals surface area contributed by atoms with Crippen LogP contribution >= 0.6 is 0 Å². The molecule has 1 fully saturated rings. The van der Waals surface area contributed by atoms with Gasteiger partial charge in [-0.25, -0.2) is 4.39 Å². The highest BCUT2D eigenvalue weighted by atomic mass is 19.1. The minimum Gasteiger partial charge on any atom is -0.456 e. The van der Waals surface area contributed by atoms with Gasteiger partial charge in [-0.15, -0.1) is 0 Å². The number of nitrogens with zero attached hydrogens (tertiary/aromatic N) is 1.